The largest absolute Gasteiger partial charge is 0.339 e. The van der Waals surface area contributed by atoms with Crippen LogP contribution in [0.25, 0.3) is 20.7 Å². The number of carbonyl (C=O) groups is 1. The molecule has 1 atom stereocenters. The molecular formula is C22H24N4O4S2. The lowest BCUT2D eigenvalue weighted by Crippen LogP contribution is -2.53. The second-order valence-corrected chi connectivity index (χ2v) is 11.6. The number of amides is 1. The zero-order valence-electron chi connectivity index (χ0n) is 17.5. The summed E-state index contributed by atoms with van der Waals surface area (Å²) in [6.07, 6.45) is 2.12. The summed E-state index contributed by atoms with van der Waals surface area (Å²) >= 11 is 1.46. The van der Waals surface area contributed by atoms with Gasteiger partial charge in [-0.3, -0.25) is 19.1 Å². The molecule has 32 heavy (non-hydrogen) atoms. The summed E-state index contributed by atoms with van der Waals surface area (Å²) in [5.41, 5.74) is 0.821. The molecule has 0 spiro atoms. The van der Waals surface area contributed by atoms with E-state index in [1.165, 1.54) is 22.2 Å². The quantitative estimate of drug-likeness (QED) is 0.571. The van der Waals surface area contributed by atoms with Crippen molar-refractivity contribution >= 4 is 37.3 Å². The van der Waals surface area contributed by atoms with Crippen LogP contribution in [0.15, 0.2) is 47.5 Å². The van der Waals surface area contributed by atoms with Gasteiger partial charge in [0.15, 0.2) is 9.84 Å². The lowest BCUT2D eigenvalue weighted by molar-refractivity contribution is -0.133. The second-order valence-electron chi connectivity index (χ2n) is 8.35. The van der Waals surface area contributed by atoms with Gasteiger partial charge in [-0.05, 0) is 18.1 Å². The standard InChI is InChI=1S/C22H24N4O4S2/c27-20(25-9-7-24(8-10-25)17-6-11-32(29,30)14-17)13-26-15-23-21-18(22(26)28)12-19(31-21)16-4-2-1-3-5-16/h1-5,12,15,17H,6-11,13-14H2/t17-/m1/s1. The third-order valence-corrected chi connectivity index (χ3v) is 9.12. The summed E-state index contributed by atoms with van der Waals surface area (Å²) in [6.45, 7) is 2.34. The summed E-state index contributed by atoms with van der Waals surface area (Å²) in [6, 6.07) is 11.7. The number of hydrogen-bond donors (Lipinski definition) is 0. The number of aromatic nitrogens is 2. The highest BCUT2D eigenvalue weighted by molar-refractivity contribution is 7.91. The van der Waals surface area contributed by atoms with Gasteiger partial charge in [-0.2, -0.15) is 0 Å². The highest BCUT2D eigenvalue weighted by Crippen LogP contribution is 2.30. The summed E-state index contributed by atoms with van der Waals surface area (Å²) < 4.78 is 24.9. The average Bonchev–Trinajstić information content (AvgIpc) is 3.40. The van der Waals surface area contributed by atoms with Crippen LogP contribution in [0.5, 0.6) is 0 Å². The van der Waals surface area contributed by atoms with Gasteiger partial charge in [-0.15, -0.1) is 11.3 Å². The van der Waals surface area contributed by atoms with Gasteiger partial charge >= 0.3 is 0 Å². The van der Waals surface area contributed by atoms with Crippen LogP contribution in [0.2, 0.25) is 0 Å². The van der Waals surface area contributed by atoms with Crippen LogP contribution in [-0.4, -0.2) is 77.4 Å². The molecule has 5 rings (SSSR count). The fourth-order valence-corrected chi connectivity index (χ4v) is 7.22. The minimum absolute atomic E-state index is 0.0455. The van der Waals surface area contributed by atoms with Gasteiger partial charge in [0.2, 0.25) is 5.91 Å². The van der Waals surface area contributed by atoms with Crippen molar-refractivity contribution in [3.05, 3.63) is 53.1 Å². The molecule has 4 heterocycles. The molecule has 2 aliphatic heterocycles. The first kappa shape index (κ1) is 21.3. The topological polar surface area (TPSA) is 92.6 Å². The number of sulfone groups is 1. The molecule has 0 N–H and O–H groups in total. The van der Waals surface area contributed by atoms with E-state index >= 15 is 0 Å². The van der Waals surface area contributed by atoms with Crippen LogP contribution < -0.4 is 5.56 Å². The second kappa shape index (κ2) is 8.42. The zero-order chi connectivity index (χ0) is 22.3. The van der Waals surface area contributed by atoms with Gasteiger partial charge in [0.25, 0.3) is 5.56 Å². The third kappa shape index (κ3) is 4.22. The Kier molecular flexibility index (Phi) is 5.60. The lowest BCUT2D eigenvalue weighted by Gasteiger charge is -2.37. The molecule has 0 bridgehead atoms. The first-order valence-corrected chi connectivity index (χ1v) is 13.3. The van der Waals surface area contributed by atoms with Gasteiger partial charge < -0.3 is 4.90 Å². The van der Waals surface area contributed by atoms with Crippen molar-refractivity contribution in [2.24, 2.45) is 0 Å². The van der Waals surface area contributed by atoms with Crippen LogP contribution in [0.4, 0.5) is 0 Å². The minimum atomic E-state index is -2.92. The minimum Gasteiger partial charge on any atom is -0.339 e. The third-order valence-electron chi connectivity index (χ3n) is 6.27. The fraction of sp³-hybridized carbons (Fsp3) is 0.409. The number of hydrogen-bond acceptors (Lipinski definition) is 7. The Balaban J connectivity index is 1.26. The highest BCUT2D eigenvalue weighted by Gasteiger charge is 2.34. The Bertz CT molecular complexity index is 1310. The van der Waals surface area contributed by atoms with Crippen molar-refractivity contribution in [2.75, 3.05) is 37.7 Å². The molecule has 0 radical (unpaired) electrons. The van der Waals surface area contributed by atoms with Crippen molar-refractivity contribution in [3.8, 4) is 10.4 Å². The first-order valence-electron chi connectivity index (χ1n) is 10.7. The monoisotopic (exact) mass is 472 g/mol. The number of fused-ring (bicyclic) bond motifs is 1. The van der Waals surface area contributed by atoms with E-state index in [-0.39, 0.29) is 35.6 Å². The number of nitrogens with zero attached hydrogens (tertiary/aromatic N) is 4. The normalized spacial score (nSPS) is 21.2. The molecule has 10 heteroatoms. The predicted molar refractivity (Wildman–Crippen MR) is 125 cm³/mol. The molecule has 8 nitrogen and oxygen atoms in total. The van der Waals surface area contributed by atoms with Gasteiger partial charge in [0.1, 0.15) is 11.4 Å². The maximum Gasteiger partial charge on any atom is 0.262 e. The van der Waals surface area contributed by atoms with E-state index in [1.54, 1.807) is 4.90 Å². The maximum atomic E-state index is 13.0. The molecule has 0 unspecified atom stereocenters. The molecule has 2 aliphatic rings. The summed E-state index contributed by atoms with van der Waals surface area (Å²) in [4.78, 5) is 35.8. The van der Waals surface area contributed by atoms with Gasteiger partial charge in [-0.1, -0.05) is 30.3 Å². The van der Waals surface area contributed by atoms with Gasteiger partial charge in [0, 0.05) is 37.1 Å². The van der Waals surface area contributed by atoms with Crippen molar-refractivity contribution in [1.29, 1.82) is 0 Å². The number of thiophene rings is 1. The Morgan fingerprint density at radius 3 is 2.56 bits per heavy atom. The molecular weight excluding hydrogens is 448 g/mol. The lowest BCUT2D eigenvalue weighted by atomic mass is 10.2. The average molecular weight is 473 g/mol. The highest BCUT2D eigenvalue weighted by atomic mass is 32.2. The SMILES string of the molecule is O=C(Cn1cnc2sc(-c3ccccc3)cc2c1=O)N1CCN([C@@H]2CCS(=O)(=O)C2)CC1. The van der Waals surface area contributed by atoms with Crippen LogP contribution in [0, 0.1) is 0 Å². The molecule has 0 saturated carbocycles. The van der Waals surface area contributed by atoms with Gasteiger partial charge in [0.05, 0.1) is 23.2 Å². The Hall–Kier alpha value is -2.56. The molecule has 2 saturated heterocycles. The van der Waals surface area contributed by atoms with E-state index in [0.717, 1.165) is 10.4 Å². The van der Waals surface area contributed by atoms with Crippen LogP contribution in [0.1, 0.15) is 6.42 Å². The van der Waals surface area contributed by atoms with Crippen LogP contribution in [-0.2, 0) is 21.2 Å². The predicted octanol–water partition coefficient (Wildman–Crippen LogP) is 1.46. The van der Waals surface area contributed by atoms with Crippen LogP contribution >= 0.6 is 11.3 Å². The number of rotatable bonds is 4. The summed E-state index contributed by atoms with van der Waals surface area (Å²) in [5.74, 6) is 0.350. The molecule has 2 aromatic heterocycles. The van der Waals surface area contributed by atoms with Crippen molar-refractivity contribution in [3.63, 3.8) is 0 Å². The van der Waals surface area contributed by atoms with E-state index in [1.807, 2.05) is 36.4 Å². The van der Waals surface area contributed by atoms with E-state index in [0.29, 0.717) is 42.8 Å². The fourth-order valence-electron chi connectivity index (χ4n) is 4.46. The van der Waals surface area contributed by atoms with Crippen molar-refractivity contribution < 1.29 is 13.2 Å². The molecule has 2 fully saturated rings. The van der Waals surface area contributed by atoms with E-state index < -0.39 is 9.84 Å². The Morgan fingerprint density at radius 2 is 1.88 bits per heavy atom. The summed E-state index contributed by atoms with van der Waals surface area (Å²) in [7, 11) is -2.92. The van der Waals surface area contributed by atoms with Crippen molar-refractivity contribution in [2.45, 2.75) is 19.0 Å². The molecule has 3 aromatic rings. The number of piperazine rings is 1. The smallest absolute Gasteiger partial charge is 0.262 e. The first-order chi connectivity index (χ1) is 15.4. The maximum absolute atomic E-state index is 13.0. The van der Waals surface area contributed by atoms with Crippen molar-refractivity contribution in [1.82, 2.24) is 19.4 Å². The molecule has 168 valence electrons. The van der Waals surface area contributed by atoms with Gasteiger partial charge in [-0.25, -0.2) is 13.4 Å². The summed E-state index contributed by atoms with van der Waals surface area (Å²) in [5, 5.41) is 0.524. The Labute approximate surface area is 190 Å². The van der Waals surface area contributed by atoms with E-state index in [4.69, 9.17) is 0 Å². The molecule has 1 amide bonds. The number of carbonyl (C=O) groups excluding carboxylic acids is 1. The zero-order valence-corrected chi connectivity index (χ0v) is 19.1. The van der Waals surface area contributed by atoms with E-state index in [9.17, 15) is 18.0 Å². The Morgan fingerprint density at radius 1 is 1.12 bits per heavy atom. The number of benzene rings is 1. The van der Waals surface area contributed by atoms with Crippen LogP contribution in [0.3, 0.4) is 0 Å². The van der Waals surface area contributed by atoms with E-state index in [2.05, 4.69) is 9.88 Å². The molecule has 1 aromatic carbocycles. The molecule has 0 aliphatic carbocycles.